The number of aromatic nitrogens is 3. The summed E-state index contributed by atoms with van der Waals surface area (Å²) in [4.78, 5) is 17.3. The molecule has 0 atom stereocenters. The van der Waals surface area contributed by atoms with E-state index in [0.29, 0.717) is 55.0 Å². The Morgan fingerprint density at radius 2 is 1.85 bits per heavy atom. The Bertz CT molecular complexity index is 1190. The van der Waals surface area contributed by atoms with Crippen molar-refractivity contribution in [3.8, 4) is 17.1 Å². The van der Waals surface area contributed by atoms with Gasteiger partial charge in [0.05, 0.1) is 12.0 Å². The van der Waals surface area contributed by atoms with Gasteiger partial charge in [0.2, 0.25) is 21.1 Å². The highest BCUT2D eigenvalue weighted by Gasteiger charge is 2.32. The summed E-state index contributed by atoms with van der Waals surface area (Å²) in [7, 11) is -2.04. The van der Waals surface area contributed by atoms with Crippen molar-refractivity contribution in [3.05, 3.63) is 54.6 Å². The number of carbonyl (C=O) groups is 1. The zero-order valence-corrected chi connectivity index (χ0v) is 20.4. The lowest BCUT2D eigenvalue weighted by Gasteiger charge is -2.30. The number of nitrogens with zero attached hydrogens (tertiary/aromatic N) is 3. The number of methoxy groups -OCH3 is 1. The van der Waals surface area contributed by atoms with Gasteiger partial charge in [-0.25, -0.2) is 13.4 Å². The standard InChI is InChI=1S/C23H27N5O4S2/c1-32-19-7-9-20(10-8-19)34(30,31)28-14-11-18(12-15-28)22(29)24-13-16-33-23-25-21(26-27-23)17-5-3-2-4-6-17/h2-10,18H,11-16H2,1H3,(H,24,29)(H,25,26,27). The van der Waals surface area contributed by atoms with Crippen molar-refractivity contribution in [1.82, 2.24) is 24.8 Å². The van der Waals surface area contributed by atoms with Crippen LogP contribution in [0.5, 0.6) is 5.75 Å². The van der Waals surface area contributed by atoms with Crippen molar-refractivity contribution in [1.29, 1.82) is 0 Å². The van der Waals surface area contributed by atoms with E-state index in [0.717, 1.165) is 5.56 Å². The molecule has 2 N–H and O–H groups in total. The summed E-state index contributed by atoms with van der Waals surface area (Å²) in [6.07, 6.45) is 0.992. The van der Waals surface area contributed by atoms with Gasteiger partial charge in [-0.3, -0.25) is 9.89 Å². The Kier molecular flexibility index (Phi) is 7.86. The lowest BCUT2D eigenvalue weighted by Crippen LogP contribution is -2.43. The average molecular weight is 502 g/mol. The monoisotopic (exact) mass is 501 g/mol. The fraction of sp³-hybridized carbons (Fsp3) is 0.348. The van der Waals surface area contributed by atoms with Crippen LogP contribution in [0, 0.1) is 5.92 Å². The van der Waals surface area contributed by atoms with Gasteiger partial charge in [0.15, 0.2) is 5.82 Å². The van der Waals surface area contributed by atoms with Crippen molar-refractivity contribution in [2.45, 2.75) is 22.9 Å². The van der Waals surface area contributed by atoms with Crippen molar-refractivity contribution >= 4 is 27.7 Å². The van der Waals surface area contributed by atoms with E-state index in [1.54, 1.807) is 24.3 Å². The van der Waals surface area contributed by atoms with Crippen molar-refractivity contribution < 1.29 is 17.9 Å². The van der Waals surface area contributed by atoms with Crippen molar-refractivity contribution in [3.63, 3.8) is 0 Å². The number of aromatic amines is 1. The number of H-pyrrole nitrogens is 1. The molecule has 1 aromatic heterocycles. The average Bonchev–Trinajstić information content (AvgIpc) is 3.36. The lowest BCUT2D eigenvalue weighted by atomic mass is 9.97. The first kappa shape index (κ1) is 24.2. The summed E-state index contributed by atoms with van der Waals surface area (Å²) in [5.41, 5.74) is 0.968. The predicted octanol–water partition coefficient (Wildman–Crippen LogP) is 2.79. The number of benzene rings is 2. The van der Waals surface area contributed by atoms with E-state index in [1.807, 2.05) is 30.3 Å². The molecule has 3 aromatic rings. The van der Waals surface area contributed by atoms with Crippen LogP contribution in [0.4, 0.5) is 0 Å². The normalized spacial score (nSPS) is 15.2. The molecule has 0 radical (unpaired) electrons. The minimum Gasteiger partial charge on any atom is -0.497 e. The second kappa shape index (κ2) is 11.0. The number of hydrogen-bond acceptors (Lipinski definition) is 7. The SMILES string of the molecule is COc1ccc(S(=O)(=O)N2CCC(C(=O)NCCSc3n[nH]c(-c4ccccc4)n3)CC2)cc1. The van der Waals surface area contributed by atoms with Gasteiger partial charge in [0.25, 0.3) is 0 Å². The molecule has 1 fully saturated rings. The van der Waals surface area contributed by atoms with Gasteiger partial charge >= 0.3 is 0 Å². The number of nitrogens with one attached hydrogen (secondary N) is 2. The van der Waals surface area contributed by atoms with Crippen LogP contribution in [0.25, 0.3) is 11.4 Å². The van der Waals surface area contributed by atoms with Crippen LogP contribution in [-0.4, -0.2) is 66.3 Å². The third kappa shape index (κ3) is 5.78. The van der Waals surface area contributed by atoms with Crippen LogP contribution < -0.4 is 10.1 Å². The smallest absolute Gasteiger partial charge is 0.243 e. The number of amides is 1. The van der Waals surface area contributed by atoms with E-state index in [4.69, 9.17) is 4.74 Å². The first-order valence-electron chi connectivity index (χ1n) is 11.0. The summed E-state index contributed by atoms with van der Waals surface area (Å²) in [6, 6.07) is 16.1. The number of sulfonamides is 1. The van der Waals surface area contributed by atoms with Crippen LogP contribution in [0.1, 0.15) is 12.8 Å². The Morgan fingerprint density at radius 3 is 2.53 bits per heavy atom. The molecule has 0 spiro atoms. The molecular formula is C23H27N5O4S2. The Balaban J connectivity index is 1.20. The van der Waals surface area contributed by atoms with E-state index in [2.05, 4.69) is 20.5 Å². The molecule has 9 nitrogen and oxygen atoms in total. The number of piperidine rings is 1. The molecule has 180 valence electrons. The Morgan fingerprint density at radius 1 is 1.15 bits per heavy atom. The third-order valence-corrected chi connectivity index (χ3v) is 8.43. The number of ether oxygens (including phenoxy) is 1. The van der Waals surface area contributed by atoms with Crippen LogP contribution in [0.3, 0.4) is 0 Å². The molecule has 4 rings (SSSR count). The third-order valence-electron chi connectivity index (χ3n) is 5.67. The van der Waals surface area contributed by atoms with E-state index >= 15 is 0 Å². The topological polar surface area (TPSA) is 117 Å². The molecule has 34 heavy (non-hydrogen) atoms. The molecule has 1 aliphatic heterocycles. The van der Waals surface area contributed by atoms with Gasteiger partial charge in [-0.15, -0.1) is 5.10 Å². The molecule has 1 saturated heterocycles. The zero-order chi connectivity index (χ0) is 24.0. The molecule has 0 bridgehead atoms. The van der Waals surface area contributed by atoms with Crippen molar-refractivity contribution in [2.24, 2.45) is 5.92 Å². The molecule has 0 saturated carbocycles. The molecule has 11 heteroatoms. The summed E-state index contributed by atoms with van der Waals surface area (Å²) in [5.74, 6) is 1.72. The second-order valence-electron chi connectivity index (χ2n) is 7.83. The summed E-state index contributed by atoms with van der Waals surface area (Å²) in [5, 5.41) is 10.7. The van der Waals surface area contributed by atoms with E-state index in [1.165, 1.54) is 23.2 Å². The Labute approximate surface area is 203 Å². The highest BCUT2D eigenvalue weighted by Crippen LogP contribution is 2.25. The van der Waals surface area contributed by atoms with Crippen molar-refractivity contribution in [2.75, 3.05) is 32.5 Å². The van der Waals surface area contributed by atoms with Gasteiger partial charge in [-0.2, -0.15) is 4.31 Å². The molecule has 1 amide bonds. The molecule has 2 aromatic carbocycles. The first-order valence-corrected chi connectivity index (χ1v) is 13.4. The largest absolute Gasteiger partial charge is 0.497 e. The van der Waals surface area contributed by atoms with Crippen LogP contribution in [0.15, 0.2) is 64.6 Å². The van der Waals surface area contributed by atoms with E-state index < -0.39 is 10.0 Å². The molecule has 2 heterocycles. The fourth-order valence-corrected chi connectivity index (χ4v) is 5.87. The lowest BCUT2D eigenvalue weighted by molar-refractivity contribution is -0.125. The number of hydrogen-bond donors (Lipinski definition) is 2. The highest BCUT2D eigenvalue weighted by atomic mass is 32.2. The number of rotatable bonds is 9. The number of thioether (sulfide) groups is 1. The fourth-order valence-electron chi connectivity index (χ4n) is 3.75. The number of carbonyl (C=O) groups excluding carboxylic acids is 1. The van der Waals surface area contributed by atoms with E-state index in [-0.39, 0.29) is 16.7 Å². The minimum atomic E-state index is -3.58. The van der Waals surface area contributed by atoms with Crippen LogP contribution in [0.2, 0.25) is 0 Å². The van der Waals surface area contributed by atoms with Gasteiger partial charge in [-0.1, -0.05) is 42.1 Å². The maximum atomic E-state index is 12.9. The zero-order valence-electron chi connectivity index (χ0n) is 18.8. The second-order valence-corrected chi connectivity index (χ2v) is 10.8. The summed E-state index contributed by atoms with van der Waals surface area (Å²) in [6.45, 7) is 1.13. The van der Waals surface area contributed by atoms with Gasteiger partial charge < -0.3 is 10.1 Å². The maximum absolute atomic E-state index is 12.9. The predicted molar refractivity (Wildman–Crippen MR) is 130 cm³/mol. The Hall–Kier alpha value is -2.89. The summed E-state index contributed by atoms with van der Waals surface area (Å²) < 4.78 is 32.3. The molecule has 0 aliphatic carbocycles. The minimum absolute atomic E-state index is 0.0398. The quantitative estimate of drug-likeness (QED) is 0.342. The molecule has 1 aliphatic rings. The van der Waals surface area contributed by atoms with Crippen LogP contribution in [-0.2, 0) is 14.8 Å². The van der Waals surface area contributed by atoms with E-state index in [9.17, 15) is 13.2 Å². The first-order chi connectivity index (χ1) is 16.5. The maximum Gasteiger partial charge on any atom is 0.243 e. The van der Waals surface area contributed by atoms with Gasteiger partial charge in [0.1, 0.15) is 5.75 Å². The van der Waals surface area contributed by atoms with Crippen LogP contribution >= 0.6 is 11.8 Å². The van der Waals surface area contributed by atoms with Gasteiger partial charge in [0, 0.05) is 36.9 Å². The summed E-state index contributed by atoms with van der Waals surface area (Å²) >= 11 is 1.46. The van der Waals surface area contributed by atoms with Gasteiger partial charge in [-0.05, 0) is 37.1 Å². The molecular weight excluding hydrogens is 474 g/mol. The highest BCUT2D eigenvalue weighted by molar-refractivity contribution is 7.99. The molecule has 0 unspecified atom stereocenters.